The van der Waals surface area contributed by atoms with Gasteiger partial charge in [-0.2, -0.15) is 0 Å². The molecule has 1 fully saturated rings. The lowest BCUT2D eigenvalue weighted by molar-refractivity contribution is 0.528. The van der Waals surface area contributed by atoms with Gasteiger partial charge in [-0.3, -0.25) is 0 Å². The normalized spacial score (nSPS) is 26.1. The molecular weight excluding hydrogens is 152 g/mol. The summed E-state index contributed by atoms with van der Waals surface area (Å²) in [5.74, 6) is 0. The highest BCUT2D eigenvalue weighted by Gasteiger charge is 2.16. The Morgan fingerprint density at radius 2 is 2.56 bits per heavy atom. The van der Waals surface area contributed by atoms with Crippen molar-refractivity contribution >= 4 is 30.5 Å². The maximum atomic E-state index is 4.71. The minimum atomic E-state index is 0.505. The van der Waals surface area contributed by atoms with E-state index in [0.717, 1.165) is 19.5 Å². The molecule has 1 saturated heterocycles. The molecule has 0 aliphatic carbocycles. The Balaban J connectivity index is 2.32. The molecule has 1 N–H and O–H groups in total. The molecule has 9 heavy (non-hydrogen) atoms. The van der Waals surface area contributed by atoms with Crippen molar-refractivity contribution in [2.75, 3.05) is 13.1 Å². The van der Waals surface area contributed by atoms with E-state index in [1.807, 2.05) is 0 Å². The van der Waals surface area contributed by atoms with Crippen molar-refractivity contribution in [1.82, 2.24) is 9.62 Å². The van der Waals surface area contributed by atoms with Crippen LogP contribution in [0.25, 0.3) is 0 Å². The Hall–Kier alpha value is 0.200. The Labute approximate surface area is 66.2 Å². The minimum absolute atomic E-state index is 0.505. The molecule has 1 unspecified atom stereocenters. The maximum Gasteiger partial charge on any atom is 0.0741 e. The second kappa shape index (κ2) is 3.39. The summed E-state index contributed by atoms with van der Waals surface area (Å²) in [7, 11) is 0. The molecule has 0 aromatic rings. The zero-order chi connectivity index (χ0) is 6.69. The topological polar surface area (TPSA) is 15.3 Å². The first kappa shape index (κ1) is 7.31. The van der Waals surface area contributed by atoms with Crippen molar-refractivity contribution in [2.24, 2.45) is 0 Å². The second-order valence-electron chi connectivity index (χ2n) is 2.13. The molecule has 2 nitrogen and oxygen atoms in total. The summed E-state index contributed by atoms with van der Waals surface area (Å²) in [6.07, 6.45) is 1.15. The molecule has 0 amide bonds. The van der Waals surface area contributed by atoms with E-state index in [4.69, 9.17) is 12.2 Å². The largest absolute Gasteiger partial charge is 0.315 e. The molecule has 0 aromatic carbocycles. The lowest BCUT2D eigenvalue weighted by atomic mass is 10.3. The van der Waals surface area contributed by atoms with Crippen molar-refractivity contribution in [2.45, 2.75) is 12.5 Å². The Kier molecular flexibility index (Phi) is 2.75. The van der Waals surface area contributed by atoms with Gasteiger partial charge in [0.1, 0.15) is 0 Å². The number of nitrogens with zero attached hydrogens (tertiary/aromatic N) is 1. The Morgan fingerprint density at radius 1 is 1.78 bits per heavy atom. The van der Waals surface area contributed by atoms with Gasteiger partial charge in [0.15, 0.2) is 0 Å². The number of rotatable bonds is 2. The van der Waals surface area contributed by atoms with Gasteiger partial charge >= 0.3 is 0 Å². The number of thiol groups is 1. The minimum Gasteiger partial charge on any atom is -0.315 e. The fraction of sp³-hybridized carbons (Fsp3) is 0.800. The summed E-state index contributed by atoms with van der Waals surface area (Å²) in [6, 6.07) is 0.505. The molecule has 4 heteroatoms. The van der Waals surface area contributed by atoms with Gasteiger partial charge in [0.05, 0.1) is 11.5 Å². The fourth-order valence-corrected chi connectivity index (χ4v) is 1.32. The van der Waals surface area contributed by atoms with Crippen molar-refractivity contribution in [3.63, 3.8) is 0 Å². The number of thiocarbonyl (C=S) groups is 1. The molecule has 0 aromatic heterocycles. The van der Waals surface area contributed by atoms with Gasteiger partial charge in [0.2, 0.25) is 0 Å². The number of hydrogen-bond donors (Lipinski definition) is 2. The number of nitrogens with one attached hydrogen (secondary N) is 1. The molecule has 1 aliphatic rings. The second-order valence-corrected chi connectivity index (χ2v) is 2.80. The van der Waals surface area contributed by atoms with E-state index in [1.54, 1.807) is 9.80 Å². The predicted octanol–water partition coefficient (Wildman–Crippen LogP) is 0.452. The molecule has 0 bridgehead atoms. The quantitative estimate of drug-likeness (QED) is 0.453. The first-order valence-corrected chi connectivity index (χ1v) is 3.85. The third-order valence-corrected chi connectivity index (χ3v) is 2.34. The average Bonchev–Trinajstić information content (AvgIpc) is 2.37. The molecule has 1 heterocycles. The highest BCUT2D eigenvalue weighted by Crippen LogP contribution is 2.07. The molecule has 1 aliphatic heterocycles. The van der Waals surface area contributed by atoms with Crippen LogP contribution < -0.4 is 5.32 Å². The molecule has 0 saturated carbocycles. The van der Waals surface area contributed by atoms with E-state index in [1.165, 1.54) is 0 Å². The van der Waals surface area contributed by atoms with Crippen LogP contribution in [-0.4, -0.2) is 28.9 Å². The summed E-state index contributed by atoms with van der Waals surface area (Å²) in [5, 5.41) is 3.23. The van der Waals surface area contributed by atoms with Gasteiger partial charge in [-0.15, -0.1) is 0 Å². The maximum absolute atomic E-state index is 4.71. The van der Waals surface area contributed by atoms with E-state index < -0.39 is 0 Å². The molecule has 0 radical (unpaired) electrons. The first-order chi connectivity index (χ1) is 4.34. The van der Waals surface area contributed by atoms with Crippen molar-refractivity contribution in [1.29, 1.82) is 0 Å². The summed E-state index contributed by atoms with van der Waals surface area (Å²) >= 11 is 8.87. The predicted molar refractivity (Wildman–Crippen MR) is 45.8 cm³/mol. The number of hydrogen-bond acceptors (Lipinski definition) is 3. The van der Waals surface area contributed by atoms with E-state index in [0.29, 0.717) is 6.04 Å². The third kappa shape index (κ3) is 1.81. The van der Waals surface area contributed by atoms with E-state index in [2.05, 4.69) is 18.1 Å². The van der Waals surface area contributed by atoms with Crippen LogP contribution in [0, 0.1) is 0 Å². The lowest BCUT2D eigenvalue weighted by Crippen LogP contribution is -2.27. The molecule has 0 spiro atoms. The Morgan fingerprint density at radius 3 is 3.00 bits per heavy atom. The van der Waals surface area contributed by atoms with Crippen molar-refractivity contribution in [3.8, 4) is 0 Å². The van der Waals surface area contributed by atoms with Crippen LogP contribution in [0.15, 0.2) is 0 Å². The van der Waals surface area contributed by atoms with E-state index >= 15 is 0 Å². The Bertz CT molecular complexity index is 101. The summed E-state index contributed by atoms with van der Waals surface area (Å²) in [6.45, 7) is 2.10. The fourth-order valence-electron chi connectivity index (χ4n) is 0.951. The van der Waals surface area contributed by atoms with Gasteiger partial charge in [-0.25, -0.2) is 0 Å². The van der Waals surface area contributed by atoms with Gasteiger partial charge in [-0.05, 0) is 13.0 Å². The van der Waals surface area contributed by atoms with Gasteiger partial charge in [0, 0.05) is 6.54 Å². The SMILES string of the molecule is S=CN(S)C1CCNC1. The summed E-state index contributed by atoms with van der Waals surface area (Å²) in [4.78, 5) is 0. The summed E-state index contributed by atoms with van der Waals surface area (Å²) < 4.78 is 1.79. The first-order valence-electron chi connectivity index (χ1n) is 2.98. The van der Waals surface area contributed by atoms with Crippen LogP contribution >= 0.6 is 25.0 Å². The van der Waals surface area contributed by atoms with Crippen LogP contribution in [0.1, 0.15) is 6.42 Å². The van der Waals surface area contributed by atoms with Gasteiger partial charge in [-0.1, -0.05) is 25.0 Å². The monoisotopic (exact) mass is 162 g/mol. The van der Waals surface area contributed by atoms with Crippen LogP contribution in [0.4, 0.5) is 0 Å². The van der Waals surface area contributed by atoms with E-state index in [-0.39, 0.29) is 0 Å². The highest BCUT2D eigenvalue weighted by atomic mass is 32.1. The van der Waals surface area contributed by atoms with Crippen LogP contribution in [-0.2, 0) is 0 Å². The van der Waals surface area contributed by atoms with Crippen LogP contribution in [0.3, 0.4) is 0 Å². The average molecular weight is 162 g/mol. The molecule has 1 rings (SSSR count). The zero-order valence-corrected chi connectivity index (χ0v) is 6.79. The van der Waals surface area contributed by atoms with Crippen LogP contribution in [0.5, 0.6) is 0 Å². The standard InChI is InChI=1S/C5H10N2S2/c8-4-7(9)5-1-2-6-3-5/h4-6,9H,1-3H2. The smallest absolute Gasteiger partial charge is 0.0741 e. The zero-order valence-electron chi connectivity index (χ0n) is 5.08. The highest BCUT2D eigenvalue weighted by molar-refractivity contribution is 7.83. The van der Waals surface area contributed by atoms with Crippen molar-refractivity contribution in [3.05, 3.63) is 0 Å². The molecular formula is C5H10N2S2. The van der Waals surface area contributed by atoms with Gasteiger partial charge in [0.25, 0.3) is 0 Å². The molecule has 1 atom stereocenters. The molecule has 52 valence electrons. The van der Waals surface area contributed by atoms with E-state index in [9.17, 15) is 0 Å². The van der Waals surface area contributed by atoms with Crippen LogP contribution in [0.2, 0.25) is 0 Å². The lowest BCUT2D eigenvalue weighted by Gasteiger charge is -2.17. The van der Waals surface area contributed by atoms with Crippen molar-refractivity contribution < 1.29 is 0 Å². The summed E-state index contributed by atoms with van der Waals surface area (Å²) in [5.41, 5.74) is 1.58. The van der Waals surface area contributed by atoms with Gasteiger partial charge < -0.3 is 9.62 Å². The third-order valence-electron chi connectivity index (χ3n) is 1.52.